The lowest BCUT2D eigenvalue weighted by atomic mass is 10.1. The van der Waals surface area contributed by atoms with Crippen LogP contribution >= 0.6 is 11.6 Å². The first kappa shape index (κ1) is 18.1. The quantitative estimate of drug-likeness (QED) is 0.437. The van der Waals surface area contributed by atoms with E-state index in [9.17, 15) is 4.79 Å². The zero-order valence-electron chi connectivity index (χ0n) is 15.1. The lowest BCUT2D eigenvalue weighted by Crippen LogP contribution is -2.05. The van der Waals surface area contributed by atoms with E-state index in [0.717, 1.165) is 16.9 Å². The van der Waals surface area contributed by atoms with Crippen LogP contribution < -0.4 is 14.9 Å². The Labute approximate surface area is 166 Å². The first-order valence-electron chi connectivity index (χ1n) is 8.71. The fourth-order valence-electron chi connectivity index (χ4n) is 2.92. The van der Waals surface area contributed by atoms with Crippen LogP contribution in [0.5, 0.6) is 11.5 Å². The Morgan fingerprint density at radius 1 is 0.929 bits per heavy atom. The summed E-state index contributed by atoms with van der Waals surface area (Å²) in [6, 6.07) is 20.0. The maximum atomic E-state index is 12.9. The molecule has 140 valence electrons. The van der Waals surface area contributed by atoms with Gasteiger partial charge >= 0.3 is 0 Å². The zero-order chi connectivity index (χ0) is 19.5. The molecule has 4 aromatic rings. The number of benzene rings is 3. The monoisotopic (exact) mass is 392 g/mol. The molecule has 0 fully saturated rings. The zero-order valence-corrected chi connectivity index (χ0v) is 15.9. The van der Waals surface area contributed by atoms with E-state index in [-0.39, 0.29) is 5.43 Å². The van der Waals surface area contributed by atoms with Crippen molar-refractivity contribution in [1.29, 1.82) is 0 Å². The molecular weight excluding hydrogens is 376 g/mol. The molecule has 4 rings (SSSR count). The molecule has 0 unspecified atom stereocenters. The summed E-state index contributed by atoms with van der Waals surface area (Å²) in [6.07, 6.45) is 1.48. The number of methoxy groups -OCH3 is 1. The first-order chi connectivity index (χ1) is 13.6. The van der Waals surface area contributed by atoms with Crippen LogP contribution in [0.1, 0.15) is 5.56 Å². The molecule has 0 amide bonds. The van der Waals surface area contributed by atoms with Gasteiger partial charge in [-0.15, -0.1) is 0 Å². The summed E-state index contributed by atoms with van der Waals surface area (Å²) in [4.78, 5) is 12.9. The summed E-state index contributed by atoms with van der Waals surface area (Å²) in [5, 5.41) is 1.19. The van der Waals surface area contributed by atoms with Crippen molar-refractivity contribution in [1.82, 2.24) is 0 Å². The van der Waals surface area contributed by atoms with Crippen molar-refractivity contribution in [3.63, 3.8) is 0 Å². The van der Waals surface area contributed by atoms with Crippen LogP contribution in [0, 0.1) is 0 Å². The van der Waals surface area contributed by atoms with Crippen LogP contribution in [0.4, 0.5) is 0 Å². The molecule has 0 radical (unpaired) electrons. The Kier molecular flexibility index (Phi) is 5.04. The molecule has 0 atom stereocenters. The smallest absolute Gasteiger partial charge is 0.200 e. The summed E-state index contributed by atoms with van der Waals surface area (Å²) in [5.74, 6) is 1.36. The summed E-state index contributed by atoms with van der Waals surface area (Å²) in [6.45, 7) is 0.400. The van der Waals surface area contributed by atoms with Crippen LogP contribution in [-0.4, -0.2) is 7.11 Å². The minimum absolute atomic E-state index is 0.0873. The van der Waals surface area contributed by atoms with Gasteiger partial charge in [-0.3, -0.25) is 4.79 Å². The normalized spacial score (nSPS) is 10.8. The molecule has 5 heteroatoms. The van der Waals surface area contributed by atoms with Crippen molar-refractivity contribution < 1.29 is 13.9 Å². The van der Waals surface area contributed by atoms with Crippen molar-refractivity contribution in [2.75, 3.05) is 7.11 Å². The van der Waals surface area contributed by atoms with Crippen LogP contribution in [0.2, 0.25) is 5.02 Å². The van der Waals surface area contributed by atoms with Crippen molar-refractivity contribution in [3.05, 3.63) is 93.8 Å². The number of fused-ring (bicyclic) bond motifs is 1. The molecule has 0 aliphatic carbocycles. The Balaban J connectivity index is 1.60. The Hall–Kier alpha value is -3.24. The largest absolute Gasteiger partial charge is 0.497 e. The van der Waals surface area contributed by atoms with E-state index in [1.807, 2.05) is 48.5 Å². The highest BCUT2D eigenvalue weighted by Gasteiger charge is 2.10. The van der Waals surface area contributed by atoms with E-state index >= 15 is 0 Å². The van der Waals surface area contributed by atoms with Gasteiger partial charge in [0.25, 0.3) is 0 Å². The third-order valence-corrected chi connectivity index (χ3v) is 4.72. The Morgan fingerprint density at radius 3 is 2.36 bits per heavy atom. The topological polar surface area (TPSA) is 48.7 Å². The standard InChI is InChI=1S/C23H17ClO4/c1-26-18-8-4-16(5-9-18)21-14-28-22-12-19(10-11-20(22)23(21)25)27-13-15-2-6-17(24)7-3-15/h2-12,14H,13H2,1H3. The molecular formula is C23H17ClO4. The molecule has 0 aliphatic rings. The minimum atomic E-state index is -0.0873. The van der Waals surface area contributed by atoms with Gasteiger partial charge in [0.1, 0.15) is 30.0 Å². The summed E-state index contributed by atoms with van der Waals surface area (Å²) < 4.78 is 16.7. The highest BCUT2D eigenvalue weighted by molar-refractivity contribution is 6.30. The number of ether oxygens (including phenoxy) is 2. The van der Waals surface area contributed by atoms with E-state index in [1.54, 1.807) is 25.3 Å². The molecule has 4 nitrogen and oxygen atoms in total. The molecule has 28 heavy (non-hydrogen) atoms. The van der Waals surface area contributed by atoms with E-state index in [0.29, 0.717) is 33.9 Å². The lowest BCUT2D eigenvalue weighted by molar-refractivity contribution is 0.306. The number of hydrogen-bond donors (Lipinski definition) is 0. The molecule has 0 spiro atoms. The van der Waals surface area contributed by atoms with Crippen LogP contribution in [0.15, 0.2) is 82.2 Å². The molecule has 0 saturated carbocycles. The summed E-state index contributed by atoms with van der Waals surface area (Å²) in [7, 11) is 1.60. The highest BCUT2D eigenvalue weighted by atomic mass is 35.5. The van der Waals surface area contributed by atoms with Crippen molar-refractivity contribution in [2.24, 2.45) is 0 Å². The maximum absolute atomic E-state index is 12.9. The Morgan fingerprint density at radius 2 is 1.64 bits per heavy atom. The molecule has 3 aromatic carbocycles. The van der Waals surface area contributed by atoms with Crippen LogP contribution in [0.3, 0.4) is 0 Å². The third kappa shape index (κ3) is 3.73. The molecule has 0 aliphatic heterocycles. The van der Waals surface area contributed by atoms with E-state index in [4.69, 9.17) is 25.5 Å². The predicted molar refractivity (Wildman–Crippen MR) is 110 cm³/mol. The Bertz CT molecular complexity index is 1160. The number of halogens is 1. The van der Waals surface area contributed by atoms with E-state index < -0.39 is 0 Å². The maximum Gasteiger partial charge on any atom is 0.200 e. The second-order valence-corrected chi connectivity index (χ2v) is 6.72. The SMILES string of the molecule is COc1ccc(-c2coc3cc(OCc4ccc(Cl)cc4)ccc3c2=O)cc1. The molecule has 1 heterocycles. The fourth-order valence-corrected chi connectivity index (χ4v) is 3.04. The molecule has 0 bridgehead atoms. The molecule has 0 saturated heterocycles. The van der Waals surface area contributed by atoms with Crippen LogP contribution in [-0.2, 0) is 6.61 Å². The summed E-state index contributed by atoms with van der Waals surface area (Å²) >= 11 is 5.89. The highest BCUT2D eigenvalue weighted by Crippen LogP contribution is 2.25. The van der Waals surface area contributed by atoms with Crippen LogP contribution in [0.25, 0.3) is 22.1 Å². The van der Waals surface area contributed by atoms with Crippen molar-refractivity contribution >= 4 is 22.6 Å². The van der Waals surface area contributed by atoms with E-state index in [2.05, 4.69) is 0 Å². The second-order valence-electron chi connectivity index (χ2n) is 6.28. The first-order valence-corrected chi connectivity index (χ1v) is 9.09. The van der Waals surface area contributed by atoms with Gasteiger partial charge in [0.2, 0.25) is 0 Å². The van der Waals surface area contributed by atoms with Gasteiger partial charge in [0.05, 0.1) is 18.1 Å². The average Bonchev–Trinajstić information content (AvgIpc) is 2.74. The average molecular weight is 393 g/mol. The minimum Gasteiger partial charge on any atom is -0.497 e. The van der Waals surface area contributed by atoms with Gasteiger partial charge in [-0.1, -0.05) is 35.9 Å². The van der Waals surface area contributed by atoms with Gasteiger partial charge in [0.15, 0.2) is 5.43 Å². The molecule has 1 aromatic heterocycles. The van der Waals surface area contributed by atoms with Gasteiger partial charge in [-0.05, 0) is 47.5 Å². The van der Waals surface area contributed by atoms with E-state index in [1.165, 1.54) is 6.26 Å². The van der Waals surface area contributed by atoms with Gasteiger partial charge < -0.3 is 13.9 Å². The predicted octanol–water partition coefficient (Wildman–Crippen LogP) is 5.70. The summed E-state index contributed by atoms with van der Waals surface area (Å²) in [5.41, 5.74) is 2.68. The molecule has 0 N–H and O–H groups in total. The van der Waals surface area contributed by atoms with Crippen molar-refractivity contribution in [2.45, 2.75) is 6.61 Å². The third-order valence-electron chi connectivity index (χ3n) is 4.47. The van der Waals surface area contributed by atoms with Gasteiger partial charge in [0, 0.05) is 11.1 Å². The van der Waals surface area contributed by atoms with Gasteiger partial charge in [-0.25, -0.2) is 0 Å². The number of rotatable bonds is 5. The van der Waals surface area contributed by atoms with Crippen molar-refractivity contribution in [3.8, 4) is 22.6 Å². The van der Waals surface area contributed by atoms with Gasteiger partial charge in [-0.2, -0.15) is 0 Å². The number of hydrogen-bond acceptors (Lipinski definition) is 4. The lowest BCUT2D eigenvalue weighted by Gasteiger charge is -2.08. The second kappa shape index (κ2) is 7.79. The fraction of sp³-hybridized carbons (Fsp3) is 0.0870.